The molecule has 5 nitrogen and oxygen atoms in total. The highest BCUT2D eigenvalue weighted by molar-refractivity contribution is 7.98. The van der Waals surface area contributed by atoms with E-state index in [9.17, 15) is 4.39 Å². The topological polar surface area (TPSA) is 45.5 Å². The van der Waals surface area contributed by atoms with Crippen LogP contribution in [0.15, 0.2) is 40.5 Å². The Bertz CT molecular complexity index is 758. The molecule has 1 aromatic heterocycles. The second-order valence-corrected chi connectivity index (χ2v) is 7.08. The second kappa shape index (κ2) is 7.91. The number of nitrogens with one attached hydrogen (secondary N) is 1. The highest BCUT2D eigenvalue weighted by Crippen LogP contribution is 2.27. The van der Waals surface area contributed by atoms with Crippen molar-refractivity contribution in [3.05, 3.63) is 47.5 Å². The van der Waals surface area contributed by atoms with E-state index in [-0.39, 0.29) is 5.82 Å². The summed E-state index contributed by atoms with van der Waals surface area (Å²) in [5.41, 5.74) is 2.23. The van der Waals surface area contributed by atoms with Crippen molar-refractivity contribution in [3.63, 3.8) is 0 Å². The first-order valence-electron chi connectivity index (χ1n) is 8.37. The molecule has 3 rings (SSSR count). The van der Waals surface area contributed by atoms with Crippen molar-refractivity contribution in [1.82, 2.24) is 20.0 Å². The van der Waals surface area contributed by atoms with Crippen molar-refractivity contribution in [3.8, 4) is 0 Å². The van der Waals surface area contributed by atoms with E-state index in [0.29, 0.717) is 12.5 Å². The summed E-state index contributed by atoms with van der Waals surface area (Å²) in [6.45, 7) is 2.44. The van der Waals surface area contributed by atoms with Crippen LogP contribution in [-0.4, -0.2) is 47.0 Å². The summed E-state index contributed by atoms with van der Waals surface area (Å²) in [6.07, 6.45) is 7.12. The molecule has 2 heterocycles. The number of nitrogens with zero attached hydrogens (tertiary/aromatic N) is 4. The van der Waals surface area contributed by atoms with Gasteiger partial charge in [0.2, 0.25) is 0 Å². The number of hydrogen-bond acceptors (Lipinski definition) is 3. The minimum absolute atomic E-state index is 0.206. The van der Waals surface area contributed by atoms with E-state index in [1.54, 1.807) is 24.9 Å². The smallest absolute Gasteiger partial charge is 0.193 e. The van der Waals surface area contributed by atoms with Gasteiger partial charge in [-0.2, -0.15) is 5.10 Å². The van der Waals surface area contributed by atoms with Crippen LogP contribution in [0.2, 0.25) is 0 Å². The van der Waals surface area contributed by atoms with Crippen LogP contribution in [0, 0.1) is 5.82 Å². The Morgan fingerprint density at radius 1 is 1.48 bits per heavy atom. The molecule has 0 spiro atoms. The van der Waals surface area contributed by atoms with Gasteiger partial charge in [-0.1, -0.05) is 0 Å². The summed E-state index contributed by atoms with van der Waals surface area (Å²) >= 11 is 1.63. The molecule has 7 heteroatoms. The van der Waals surface area contributed by atoms with Gasteiger partial charge in [-0.25, -0.2) is 4.39 Å². The summed E-state index contributed by atoms with van der Waals surface area (Å²) in [6, 6.07) is 4.92. The maximum Gasteiger partial charge on any atom is 0.193 e. The van der Waals surface area contributed by atoms with E-state index >= 15 is 0 Å². The Hall–Kier alpha value is -2.02. The van der Waals surface area contributed by atoms with Gasteiger partial charge in [-0.15, -0.1) is 11.8 Å². The predicted molar refractivity (Wildman–Crippen MR) is 101 cm³/mol. The zero-order chi connectivity index (χ0) is 17.8. The monoisotopic (exact) mass is 361 g/mol. The van der Waals surface area contributed by atoms with Crippen LogP contribution >= 0.6 is 11.8 Å². The van der Waals surface area contributed by atoms with Gasteiger partial charge in [0.15, 0.2) is 5.96 Å². The van der Waals surface area contributed by atoms with Gasteiger partial charge in [-0.05, 0) is 42.0 Å². The molecule has 25 heavy (non-hydrogen) atoms. The third kappa shape index (κ3) is 4.15. The first kappa shape index (κ1) is 17.8. The van der Waals surface area contributed by atoms with Crippen molar-refractivity contribution >= 4 is 17.7 Å². The molecule has 1 aliphatic heterocycles. The summed E-state index contributed by atoms with van der Waals surface area (Å²) in [7, 11) is 3.74. The average Bonchev–Trinajstić information content (AvgIpc) is 3.25. The molecule has 1 saturated heterocycles. The van der Waals surface area contributed by atoms with Crippen molar-refractivity contribution in [2.24, 2.45) is 12.0 Å². The van der Waals surface area contributed by atoms with E-state index in [1.807, 2.05) is 30.2 Å². The van der Waals surface area contributed by atoms with Gasteiger partial charge in [0.25, 0.3) is 0 Å². The highest BCUT2D eigenvalue weighted by atomic mass is 32.2. The zero-order valence-electron chi connectivity index (χ0n) is 14.9. The fourth-order valence-corrected chi connectivity index (χ4v) is 3.86. The third-order valence-electron chi connectivity index (χ3n) is 4.58. The molecule has 1 atom stereocenters. The number of halogens is 1. The van der Waals surface area contributed by atoms with Crippen LogP contribution in [0.1, 0.15) is 23.5 Å². The van der Waals surface area contributed by atoms with Crippen molar-refractivity contribution in [1.29, 1.82) is 0 Å². The predicted octanol–water partition coefficient (Wildman–Crippen LogP) is 2.85. The number of aromatic nitrogens is 2. The quantitative estimate of drug-likeness (QED) is 0.517. The molecule has 1 unspecified atom stereocenters. The lowest BCUT2D eigenvalue weighted by atomic mass is 10.0. The maximum absolute atomic E-state index is 13.5. The Morgan fingerprint density at radius 3 is 3.00 bits per heavy atom. The molecule has 1 aliphatic rings. The van der Waals surface area contributed by atoms with Crippen LogP contribution in [0.25, 0.3) is 0 Å². The summed E-state index contributed by atoms with van der Waals surface area (Å²) in [4.78, 5) is 7.75. The summed E-state index contributed by atoms with van der Waals surface area (Å²) in [5.74, 6) is 1.13. The lowest BCUT2D eigenvalue weighted by Crippen LogP contribution is -2.39. The molecule has 1 N–H and O–H groups in total. The van der Waals surface area contributed by atoms with E-state index < -0.39 is 0 Å². The fourth-order valence-electron chi connectivity index (χ4n) is 3.27. The van der Waals surface area contributed by atoms with Crippen LogP contribution in [0.5, 0.6) is 0 Å². The summed E-state index contributed by atoms with van der Waals surface area (Å²) < 4.78 is 15.4. The molecule has 2 aromatic rings. The fraction of sp³-hybridized carbons (Fsp3) is 0.444. The minimum atomic E-state index is -0.206. The lowest BCUT2D eigenvalue weighted by molar-refractivity contribution is 0.485. The third-order valence-corrected chi connectivity index (χ3v) is 5.41. The SMILES string of the molecule is CN=C(NCc1cc(F)ccc1SC)N1CCC(c2cnn(C)c2)C1. The molecule has 1 aromatic carbocycles. The molecule has 0 amide bonds. The molecule has 1 fully saturated rings. The number of guanidine groups is 1. The molecule has 0 aliphatic carbocycles. The number of hydrogen-bond donors (Lipinski definition) is 1. The van der Waals surface area contributed by atoms with Crippen LogP contribution < -0.4 is 5.32 Å². The van der Waals surface area contributed by atoms with Crippen molar-refractivity contribution < 1.29 is 4.39 Å². The van der Waals surface area contributed by atoms with Crippen molar-refractivity contribution in [2.45, 2.75) is 23.8 Å². The van der Waals surface area contributed by atoms with Gasteiger partial charge in [0, 0.05) is 50.7 Å². The minimum Gasteiger partial charge on any atom is -0.352 e. The van der Waals surface area contributed by atoms with Gasteiger partial charge >= 0.3 is 0 Å². The Balaban J connectivity index is 1.63. The van der Waals surface area contributed by atoms with Gasteiger partial charge in [0.1, 0.15) is 5.82 Å². The molecule has 134 valence electrons. The van der Waals surface area contributed by atoms with Gasteiger partial charge in [-0.3, -0.25) is 9.67 Å². The Morgan fingerprint density at radius 2 is 2.32 bits per heavy atom. The largest absolute Gasteiger partial charge is 0.352 e. The lowest BCUT2D eigenvalue weighted by Gasteiger charge is -2.22. The highest BCUT2D eigenvalue weighted by Gasteiger charge is 2.26. The van der Waals surface area contributed by atoms with Crippen LogP contribution in [0.3, 0.4) is 0 Å². The van der Waals surface area contributed by atoms with E-state index in [2.05, 4.69) is 26.5 Å². The van der Waals surface area contributed by atoms with Crippen molar-refractivity contribution in [2.75, 3.05) is 26.4 Å². The first-order valence-corrected chi connectivity index (χ1v) is 9.59. The molecular formula is C18H24FN5S. The number of benzene rings is 1. The Kier molecular flexibility index (Phi) is 5.63. The van der Waals surface area contributed by atoms with Crippen LogP contribution in [0.4, 0.5) is 4.39 Å². The van der Waals surface area contributed by atoms with Gasteiger partial charge in [0.05, 0.1) is 6.20 Å². The normalized spacial score (nSPS) is 18.0. The number of aryl methyl sites for hydroxylation is 1. The average molecular weight is 361 g/mol. The second-order valence-electron chi connectivity index (χ2n) is 6.24. The summed E-state index contributed by atoms with van der Waals surface area (Å²) in [5, 5.41) is 7.65. The number of thioether (sulfide) groups is 1. The van der Waals surface area contributed by atoms with E-state index in [1.165, 1.54) is 11.6 Å². The number of aliphatic imine (C=N–C) groups is 1. The van der Waals surface area contributed by atoms with Gasteiger partial charge < -0.3 is 10.2 Å². The number of rotatable bonds is 4. The number of likely N-dealkylation sites (tertiary alicyclic amines) is 1. The standard InChI is InChI=1S/C18H24FN5S/c1-20-18(21-9-14-8-16(19)4-5-17(14)25-3)24-7-6-13(12-24)15-10-22-23(2)11-15/h4-5,8,10-11,13H,6-7,9,12H2,1-3H3,(H,20,21). The van der Waals surface area contributed by atoms with E-state index in [4.69, 9.17) is 0 Å². The Labute approximate surface area is 152 Å². The first-order chi connectivity index (χ1) is 12.1. The van der Waals surface area contributed by atoms with Crippen LogP contribution in [-0.2, 0) is 13.6 Å². The zero-order valence-corrected chi connectivity index (χ0v) is 15.7. The molecular weight excluding hydrogens is 337 g/mol. The van der Waals surface area contributed by atoms with E-state index in [0.717, 1.165) is 35.9 Å². The molecule has 0 bridgehead atoms. The molecule has 0 radical (unpaired) electrons. The molecule has 0 saturated carbocycles. The maximum atomic E-state index is 13.5.